The molecule has 1 aromatic heterocycles. The number of hydrogen-bond donors (Lipinski definition) is 2. The maximum atomic E-state index is 13.0. The summed E-state index contributed by atoms with van der Waals surface area (Å²) in [5.41, 5.74) is 1.76. The summed E-state index contributed by atoms with van der Waals surface area (Å²) in [7, 11) is 0. The molecule has 2 aromatic rings. The summed E-state index contributed by atoms with van der Waals surface area (Å²) in [6, 6.07) is 7.71. The second-order valence-electron chi connectivity index (χ2n) is 6.48. The van der Waals surface area contributed by atoms with E-state index in [-0.39, 0.29) is 23.7 Å². The quantitative estimate of drug-likeness (QED) is 0.905. The van der Waals surface area contributed by atoms with Crippen LogP contribution in [0.15, 0.2) is 30.3 Å². The van der Waals surface area contributed by atoms with E-state index in [9.17, 15) is 14.3 Å². The lowest BCUT2D eigenvalue weighted by Crippen LogP contribution is -2.44. The molecule has 0 bridgehead atoms. The predicted octanol–water partition coefficient (Wildman–Crippen LogP) is 2.84. The first-order chi connectivity index (χ1) is 11.6. The minimum Gasteiger partial charge on any atom is -0.396 e. The van der Waals surface area contributed by atoms with E-state index in [1.54, 1.807) is 23.1 Å². The number of halogens is 1. The molecule has 6 heteroatoms. The van der Waals surface area contributed by atoms with E-state index in [2.05, 4.69) is 17.1 Å². The molecule has 128 valence electrons. The molecule has 0 aliphatic carbocycles. The molecule has 0 saturated carbocycles. The number of nitrogens with one attached hydrogen (secondary N) is 1. The first kappa shape index (κ1) is 16.6. The van der Waals surface area contributed by atoms with Gasteiger partial charge in [0.05, 0.1) is 5.69 Å². The number of aliphatic hydroxyl groups excluding tert-OH is 1. The van der Waals surface area contributed by atoms with Crippen molar-refractivity contribution in [1.29, 1.82) is 0 Å². The largest absolute Gasteiger partial charge is 0.396 e. The van der Waals surface area contributed by atoms with Crippen LogP contribution in [0.2, 0.25) is 0 Å². The van der Waals surface area contributed by atoms with Crippen molar-refractivity contribution in [3.05, 3.63) is 41.8 Å². The van der Waals surface area contributed by atoms with Gasteiger partial charge in [0.25, 0.3) is 5.91 Å². The number of aromatic amines is 1. The van der Waals surface area contributed by atoms with Crippen LogP contribution in [-0.4, -0.2) is 45.8 Å². The average molecular weight is 331 g/mol. The summed E-state index contributed by atoms with van der Waals surface area (Å²) < 4.78 is 13.0. The molecule has 2 N–H and O–H groups in total. The highest BCUT2D eigenvalue weighted by Gasteiger charge is 2.34. The zero-order valence-electron chi connectivity index (χ0n) is 13.8. The molecular weight excluding hydrogens is 309 g/mol. The number of rotatable bonds is 4. The predicted molar refractivity (Wildman–Crippen MR) is 88.9 cm³/mol. The Kier molecular flexibility index (Phi) is 4.66. The molecule has 3 rings (SSSR count). The third-order valence-corrected chi connectivity index (χ3v) is 5.14. The third-order valence-electron chi connectivity index (χ3n) is 5.14. The Hall–Kier alpha value is -2.21. The summed E-state index contributed by atoms with van der Waals surface area (Å²) in [4.78, 5) is 14.4. The Bertz CT molecular complexity index is 697. The summed E-state index contributed by atoms with van der Waals surface area (Å²) in [5, 5.41) is 16.5. The molecule has 5 nitrogen and oxygen atoms in total. The van der Waals surface area contributed by atoms with Gasteiger partial charge in [0.15, 0.2) is 0 Å². The molecule has 1 aliphatic rings. The molecule has 1 aliphatic heterocycles. The number of carbonyl (C=O) groups excluding carboxylic acids is 1. The van der Waals surface area contributed by atoms with Gasteiger partial charge in [-0.2, -0.15) is 5.10 Å². The minimum absolute atomic E-state index is 0.0516. The molecule has 1 amide bonds. The monoisotopic (exact) mass is 331 g/mol. The number of likely N-dealkylation sites (tertiary alicyclic amines) is 1. The number of piperidine rings is 1. The molecular formula is C18H22FN3O2. The van der Waals surface area contributed by atoms with Crippen LogP contribution >= 0.6 is 0 Å². The van der Waals surface area contributed by atoms with Crippen molar-refractivity contribution in [2.24, 2.45) is 5.41 Å². The van der Waals surface area contributed by atoms with Crippen LogP contribution in [0.5, 0.6) is 0 Å². The fourth-order valence-electron chi connectivity index (χ4n) is 3.18. The van der Waals surface area contributed by atoms with Gasteiger partial charge in [-0.25, -0.2) is 4.39 Å². The zero-order chi connectivity index (χ0) is 17.2. The Labute approximate surface area is 140 Å². The highest BCUT2D eigenvalue weighted by molar-refractivity contribution is 5.93. The van der Waals surface area contributed by atoms with Crippen LogP contribution in [0.25, 0.3) is 11.3 Å². The van der Waals surface area contributed by atoms with Crippen LogP contribution in [0, 0.1) is 11.2 Å². The number of H-pyrrole nitrogens is 1. The molecule has 0 atom stereocenters. The lowest BCUT2D eigenvalue weighted by atomic mass is 9.77. The van der Waals surface area contributed by atoms with Crippen molar-refractivity contribution in [2.75, 3.05) is 19.7 Å². The number of nitrogens with zero attached hydrogens (tertiary/aromatic N) is 2. The first-order valence-corrected chi connectivity index (χ1v) is 8.28. The van der Waals surface area contributed by atoms with Crippen molar-refractivity contribution in [1.82, 2.24) is 15.1 Å². The summed E-state index contributed by atoms with van der Waals surface area (Å²) in [6.07, 6.45) is 2.54. The van der Waals surface area contributed by atoms with E-state index < -0.39 is 0 Å². The zero-order valence-corrected chi connectivity index (χ0v) is 13.8. The second-order valence-corrected chi connectivity index (χ2v) is 6.48. The van der Waals surface area contributed by atoms with Crippen LogP contribution in [0.3, 0.4) is 0 Å². The van der Waals surface area contributed by atoms with E-state index in [4.69, 9.17) is 0 Å². The lowest BCUT2D eigenvalue weighted by molar-refractivity contribution is 0.0334. The van der Waals surface area contributed by atoms with Crippen LogP contribution in [0.4, 0.5) is 4.39 Å². The number of aromatic nitrogens is 2. The van der Waals surface area contributed by atoms with Crippen LogP contribution in [0.1, 0.15) is 36.7 Å². The number of benzene rings is 1. The summed E-state index contributed by atoms with van der Waals surface area (Å²) in [5.74, 6) is -0.388. The maximum Gasteiger partial charge on any atom is 0.271 e. The van der Waals surface area contributed by atoms with Gasteiger partial charge in [-0.15, -0.1) is 0 Å². The van der Waals surface area contributed by atoms with Crippen molar-refractivity contribution in [3.63, 3.8) is 0 Å². The van der Waals surface area contributed by atoms with E-state index >= 15 is 0 Å². The summed E-state index contributed by atoms with van der Waals surface area (Å²) >= 11 is 0. The summed E-state index contributed by atoms with van der Waals surface area (Å²) in [6.45, 7) is 3.53. The van der Waals surface area contributed by atoms with Gasteiger partial charge in [0.2, 0.25) is 0 Å². The highest BCUT2D eigenvalue weighted by Crippen LogP contribution is 2.34. The fraction of sp³-hybridized carbons (Fsp3) is 0.444. The maximum absolute atomic E-state index is 13.0. The first-order valence-electron chi connectivity index (χ1n) is 8.28. The molecule has 0 unspecified atom stereocenters. The van der Waals surface area contributed by atoms with Crippen molar-refractivity contribution < 1.29 is 14.3 Å². The van der Waals surface area contributed by atoms with Gasteiger partial charge in [0, 0.05) is 25.3 Å². The number of hydrogen-bond acceptors (Lipinski definition) is 3. The van der Waals surface area contributed by atoms with Gasteiger partial charge >= 0.3 is 0 Å². The Morgan fingerprint density at radius 3 is 2.58 bits per heavy atom. The SMILES string of the molecule is CCC1(CO)CCN(C(=O)c2cc(-c3ccc(F)cc3)n[nH]2)CC1. The van der Waals surface area contributed by atoms with Gasteiger partial charge in [0.1, 0.15) is 11.5 Å². The Morgan fingerprint density at radius 2 is 2.00 bits per heavy atom. The molecule has 24 heavy (non-hydrogen) atoms. The molecule has 2 heterocycles. The molecule has 0 spiro atoms. The topological polar surface area (TPSA) is 69.2 Å². The van der Waals surface area contributed by atoms with Gasteiger partial charge in [-0.1, -0.05) is 6.92 Å². The van der Waals surface area contributed by atoms with E-state index in [0.29, 0.717) is 24.5 Å². The third kappa shape index (κ3) is 3.19. The molecule has 1 fully saturated rings. The van der Waals surface area contributed by atoms with Gasteiger partial charge in [-0.3, -0.25) is 9.89 Å². The normalized spacial score (nSPS) is 17.0. The number of carbonyl (C=O) groups is 1. The van der Waals surface area contributed by atoms with Gasteiger partial charge in [-0.05, 0) is 55.0 Å². The highest BCUT2D eigenvalue weighted by atomic mass is 19.1. The standard InChI is InChI=1S/C18H22FN3O2/c1-2-18(12-23)7-9-22(10-8-18)17(24)16-11-15(20-21-16)13-3-5-14(19)6-4-13/h3-6,11,23H,2,7-10,12H2,1H3,(H,20,21). The van der Waals surface area contributed by atoms with Gasteiger partial charge < -0.3 is 10.0 Å². The van der Waals surface area contributed by atoms with Crippen molar-refractivity contribution >= 4 is 5.91 Å². The Morgan fingerprint density at radius 1 is 1.33 bits per heavy atom. The minimum atomic E-state index is -0.304. The Balaban J connectivity index is 1.69. The van der Waals surface area contributed by atoms with Crippen molar-refractivity contribution in [2.45, 2.75) is 26.2 Å². The van der Waals surface area contributed by atoms with E-state index in [1.807, 2.05) is 0 Å². The average Bonchev–Trinajstić information content (AvgIpc) is 3.12. The van der Waals surface area contributed by atoms with E-state index in [0.717, 1.165) is 24.8 Å². The lowest BCUT2D eigenvalue weighted by Gasteiger charge is -2.40. The smallest absolute Gasteiger partial charge is 0.271 e. The van der Waals surface area contributed by atoms with E-state index in [1.165, 1.54) is 12.1 Å². The molecule has 1 aromatic carbocycles. The number of amides is 1. The fourth-order valence-corrected chi connectivity index (χ4v) is 3.18. The van der Waals surface area contributed by atoms with Crippen LogP contribution in [-0.2, 0) is 0 Å². The second kappa shape index (κ2) is 6.73. The molecule has 1 saturated heterocycles. The number of aliphatic hydroxyl groups is 1. The molecule has 0 radical (unpaired) electrons. The van der Waals surface area contributed by atoms with Crippen molar-refractivity contribution in [3.8, 4) is 11.3 Å². The van der Waals surface area contributed by atoms with Crippen LogP contribution < -0.4 is 0 Å².